The Morgan fingerprint density at radius 1 is 1.21 bits per heavy atom. The third-order valence-electron chi connectivity index (χ3n) is 5.30. The molecule has 5 nitrogen and oxygen atoms in total. The average molecular weight is 401 g/mol. The summed E-state index contributed by atoms with van der Waals surface area (Å²) in [5.41, 5.74) is 1.78. The molecule has 2 aromatic rings. The number of hydrogen-bond acceptors (Lipinski definition) is 4. The predicted octanol–water partition coefficient (Wildman–Crippen LogP) is 4.32. The van der Waals surface area contributed by atoms with Crippen molar-refractivity contribution in [2.24, 2.45) is 5.92 Å². The number of anilines is 2. The van der Waals surface area contributed by atoms with Gasteiger partial charge in [0.25, 0.3) is 0 Å². The summed E-state index contributed by atoms with van der Waals surface area (Å²) in [4.78, 5) is 2.93. The number of halogens is 3. The van der Waals surface area contributed by atoms with Gasteiger partial charge in [-0.15, -0.1) is 5.10 Å². The van der Waals surface area contributed by atoms with E-state index < -0.39 is 17.5 Å². The van der Waals surface area contributed by atoms with E-state index in [4.69, 9.17) is 0 Å². The highest BCUT2D eigenvalue weighted by molar-refractivity contribution is 5.64. The third kappa shape index (κ3) is 3.66. The molecule has 0 spiro atoms. The molecule has 1 atom stereocenters. The lowest BCUT2D eigenvalue weighted by Crippen LogP contribution is -2.26. The summed E-state index contributed by atoms with van der Waals surface area (Å²) in [5.74, 6) is -2.98. The van der Waals surface area contributed by atoms with Crippen molar-refractivity contribution in [2.75, 3.05) is 22.9 Å². The highest BCUT2D eigenvalue weighted by Gasteiger charge is 2.32. The first-order valence-electron chi connectivity index (χ1n) is 9.45. The minimum Gasteiger partial charge on any atom is -0.343 e. The first kappa shape index (κ1) is 19.3. The number of benzene rings is 1. The monoisotopic (exact) mass is 401 g/mol. The molecule has 8 heteroatoms. The van der Waals surface area contributed by atoms with E-state index in [0.717, 1.165) is 17.3 Å². The van der Waals surface area contributed by atoms with Gasteiger partial charge in [0.1, 0.15) is 5.69 Å². The summed E-state index contributed by atoms with van der Waals surface area (Å²) in [6, 6.07) is 1.05. The van der Waals surface area contributed by atoms with Crippen LogP contribution in [0.4, 0.5) is 24.5 Å². The van der Waals surface area contributed by atoms with Crippen molar-refractivity contribution in [2.45, 2.75) is 26.3 Å². The van der Waals surface area contributed by atoms with E-state index in [0.29, 0.717) is 38.2 Å². The van der Waals surface area contributed by atoms with Crippen LogP contribution in [0.1, 0.15) is 18.5 Å². The maximum atomic E-state index is 14.9. The minimum absolute atomic E-state index is 0.0878. The highest BCUT2D eigenvalue weighted by atomic mass is 19.2. The first-order valence-corrected chi connectivity index (χ1v) is 9.45. The van der Waals surface area contributed by atoms with Crippen molar-refractivity contribution in [3.63, 3.8) is 0 Å². The fraction of sp³-hybridized carbons (Fsp3) is 0.333. The zero-order valence-corrected chi connectivity index (χ0v) is 16.2. The Kier molecular flexibility index (Phi) is 4.94. The van der Waals surface area contributed by atoms with Crippen LogP contribution in [0.3, 0.4) is 0 Å². The van der Waals surface area contributed by atoms with Gasteiger partial charge < -0.3 is 9.80 Å². The molecule has 0 amide bonds. The number of rotatable bonds is 4. The van der Waals surface area contributed by atoms with Gasteiger partial charge in [-0.25, -0.2) is 13.2 Å². The second-order valence-corrected chi connectivity index (χ2v) is 7.60. The molecule has 1 unspecified atom stereocenters. The van der Waals surface area contributed by atoms with Crippen LogP contribution >= 0.6 is 0 Å². The van der Waals surface area contributed by atoms with E-state index in [1.165, 1.54) is 11.1 Å². The van der Waals surface area contributed by atoms with Crippen LogP contribution in [0.2, 0.25) is 0 Å². The van der Waals surface area contributed by atoms with Crippen LogP contribution in [0, 0.1) is 30.3 Å². The van der Waals surface area contributed by atoms with Gasteiger partial charge in [0, 0.05) is 49.7 Å². The Morgan fingerprint density at radius 2 is 2.00 bits per heavy atom. The Morgan fingerprint density at radius 3 is 2.66 bits per heavy atom. The molecule has 0 saturated carbocycles. The SMILES string of the molecule is C=C1C=CN(c2c(F)cc(N3CC(Cn4cc(C)nn4)CC3=C)c(F)c2F)CC1. The van der Waals surface area contributed by atoms with Gasteiger partial charge >= 0.3 is 0 Å². The van der Waals surface area contributed by atoms with Gasteiger partial charge in [-0.3, -0.25) is 4.68 Å². The lowest BCUT2D eigenvalue weighted by Gasteiger charge is -2.27. The normalized spacial score (nSPS) is 19.5. The lowest BCUT2D eigenvalue weighted by molar-refractivity contribution is 0.446. The van der Waals surface area contributed by atoms with Gasteiger partial charge in [0.2, 0.25) is 0 Å². The minimum atomic E-state index is -1.19. The van der Waals surface area contributed by atoms with E-state index in [-0.39, 0.29) is 17.3 Å². The lowest BCUT2D eigenvalue weighted by atomic mass is 10.1. The van der Waals surface area contributed by atoms with E-state index >= 15 is 0 Å². The van der Waals surface area contributed by atoms with Crippen LogP contribution in [-0.4, -0.2) is 28.1 Å². The Balaban J connectivity index is 1.59. The maximum Gasteiger partial charge on any atom is 0.187 e. The van der Waals surface area contributed by atoms with Gasteiger partial charge in [-0.05, 0) is 25.8 Å². The van der Waals surface area contributed by atoms with Crippen LogP contribution in [0.15, 0.2) is 49.0 Å². The molecule has 0 aliphatic carbocycles. The molecule has 152 valence electrons. The molecular weight excluding hydrogens is 379 g/mol. The molecule has 2 aliphatic heterocycles. The first-order chi connectivity index (χ1) is 13.8. The molecule has 0 bridgehead atoms. The van der Waals surface area contributed by atoms with E-state index in [9.17, 15) is 13.2 Å². The van der Waals surface area contributed by atoms with Gasteiger partial charge in [-0.1, -0.05) is 23.9 Å². The summed E-state index contributed by atoms with van der Waals surface area (Å²) in [7, 11) is 0. The molecule has 0 N–H and O–H groups in total. The second-order valence-electron chi connectivity index (χ2n) is 7.60. The third-order valence-corrected chi connectivity index (χ3v) is 5.30. The van der Waals surface area contributed by atoms with Gasteiger partial charge in [-0.2, -0.15) is 0 Å². The fourth-order valence-corrected chi connectivity index (χ4v) is 3.87. The number of aryl methyl sites for hydroxylation is 1. The van der Waals surface area contributed by atoms with Crippen molar-refractivity contribution in [1.82, 2.24) is 15.0 Å². The molecule has 3 heterocycles. The molecule has 4 rings (SSSR count). The predicted molar refractivity (Wildman–Crippen MR) is 106 cm³/mol. The standard InChI is InChI=1S/C21H22F3N5/c1-13-4-6-27(7-5-13)21-17(22)9-18(19(23)20(21)24)29-12-16(8-15(29)3)11-28-10-14(2)25-26-28/h4,6,9-10,16H,1,3,5,7-8,11-12H2,2H3. The molecule has 0 radical (unpaired) electrons. The molecule has 1 aromatic carbocycles. The molecule has 2 aliphatic rings. The average Bonchev–Trinajstić information content (AvgIpc) is 3.25. The van der Waals surface area contributed by atoms with Crippen LogP contribution in [0.5, 0.6) is 0 Å². The zero-order chi connectivity index (χ0) is 20.7. The van der Waals surface area contributed by atoms with Crippen molar-refractivity contribution >= 4 is 11.4 Å². The number of hydrogen-bond donors (Lipinski definition) is 0. The van der Waals surface area contributed by atoms with Crippen molar-refractivity contribution in [3.8, 4) is 0 Å². The summed E-state index contributed by atoms with van der Waals surface area (Å²) in [5, 5.41) is 7.98. The quantitative estimate of drug-likeness (QED) is 0.715. The number of aromatic nitrogens is 3. The van der Waals surface area contributed by atoms with E-state index in [1.807, 2.05) is 13.1 Å². The summed E-state index contributed by atoms with van der Waals surface area (Å²) < 4.78 is 46.3. The van der Waals surface area contributed by atoms with E-state index in [2.05, 4.69) is 23.5 Å². The van der Waals surface area contributed by atoms with Crippen LogP contribution in [0.25, 0.3) is 0 Å². The summed E-state index contributed by atoms with van der Waals surface area (Å²) in [6.45, 7) is 10.9. The largest absolute Gasteiger partial charge is 0.343 e. The summed E-state index contributed by atoms with van der Waals surface area (Å²) in [6.07, 6.45) is 6.16. The molecule has 1 fully saturated rings. The smallest absolute Gasteiger partial charge is 0.187 e. The highest BCUT2D eigenvalue weighted by Crippen LogP contribution is 2.38. The summed E-state index contributed by atoms with van der Waals surface area (Å²) >= 11 is 0. The number of nitrogens with zero attached hydrogens (tertiary/aromatic N) is 5. The van der Waals surface area contributed by atoms with Gasteiger partial charge in [0.05, 0.1) is 11.4 Å². The second kappa shape index (κ2) is 7.42. The molecule has 1 aromatic heterocycles. The molecule has 29 heavy (non-hydrogen) atoms. The van der Waals surface area contributed by atoms with Crippen LogP contribution in [-0.2, 0) is 6.54 Å². The fourth-order valence-electron chi connectivity index (χ4n) is 3.87. The Hall–Kier alpha value is -3.03. The van der Waals surface area contributed by atoms with E-state index in [1.54, 1.807) is 15.7 Å². The van der Waals surface area contributed by atoms with Crippen LogP contribution < -0.4 is 9.80 Å². The topological polar surface area (TPSA) is 37.2 Å². The Bertz CT molecular complexity index is 1010. The number of allylic oxidation sites excluding steroid dienone is 2. The van der Waals surface area contributed by atoms with Gasteiger partial charge in [0.15, 0.2) is 17.5 Å². The molecule has 1 saturated heterocycles. The zero-order valence-electron chi connectivity index (χ0n) is 16.2. The Labute approximate surface area is 167 Å². The van der Waals surface area contributed by atoms with Crippen molar-refractivity contribution in [1.29, 1.82) is 0 Å². The van der Waals surface area contributed by atoms with Crippen molar-refractivity contribution in [3.05, 3.63) is 72.1 Å². The van der Waals surface area contributed by atoms with Crippen molar-refractivity contribution < 1.29 is 13.2 Å². The maximum absolute atomic E-state index is 14.9. The molecular formula is C21H22F3N5.